The molecule has 0 bridgehead atoms. The third-order valence-corrected chi connectivity index (χ3v) is 4.93. The minimum atomic E-state index is -0.563. The number of carbonyl (C=O) groups excluding carboxylic acids is 1. The molecule has 1 aliphatic rings. The summed E-state index contributed by atoms with van der Waals surface area (Å²) in [5.74, 6) is 0.0365. The van der Waals surface area contributed by atoms with Crippen LogP contribution in [0.1, 0.15) is 26.4 Å². The van der Waals surface area contributed by atoms with E-state index in [0.717, 1.165) is 10.4 Å². The van der Waals surface area contributed by atoms with E-state index in [1.165, 1.54) is 23.6 Å². The molecule has 22 heavy (non-hydrogen) atoms. The van der Waals surface area contributed by atoms with Gasteiger partial charge in [0, 0.05) is 17.6 Å². The number of anilines is 2. The molecule has 8 heteroatoms. The van der Waals surface area contributed by atoms with E-state index in [-0.39, 0.29) is 5.56 Å². The molecule has 3 heterocycles. The Bertz CT molecular complexity index is 810. The molecule has 1 aliphatic heterocycles. The van der Waals surface area contributed by atoms with E-state index < -0.39 is 5.91 Å². The van der Waals surface area contributed by atoms with Gasteiger partial charge in [0.25, 0.3) is 0 Å². The minimum absolute atomic E-state index is 0.276. The van der Waals surface area contributed by atoms with Gasteiger partial charge in [0.15, 0.2) is 0 Å². The predicted octanol–water partition coefficient (Wildman–Crippen LogP) is 1.91. The summed E-state index contributed by atoms with van der Waals surface area (Å²) in [4.78, 5) is 18.5. The lowest BCUT2D eigenvalue weighted by Crippen LogP contribution is -2.30. The summed E-state index contributed by atoms with van der Waals surface area (Å²) in [6.45, 7) is 1.27. The fourth-order valence-corrected chi connectivity index (χ4v) is 3.90. The van der Waals surface area contributed by atoms with Gasteiger partial charge in [-0.2, -0.15) is 5.26 Å². The minimum Gasteiger partial charge on any atom is -0.389 e. The molecule has 0 spiro atoms. The number of carbonyl (C=O) groups is 1. The molecule has 6 nitrogen and oxygen atoms in total. The van der Waals surface area contributed by atoms with Gasteiger partial charge in [-0.15, -0.1) is 11.3 Å². The third-order valence-electron chi connectivity index (χ3n) is 3.60. The Labute approximate surface area is 135 Å². The smallest absolute Gasteiger partial charge is 0.250 e. The summed E-state index contributed by atoms with van der Waals surface area (Å²) in [6.07, 6.45) is 2.13. The summed E-state index contributed by atoms with van der Waals surface area (Å²) < 4.78 is 0. The molecule has 2 aromatic rings. The van der Waals surface area contributed by atoms with Crippen molar-refractivity contribution in [2.45, 2.75) is 13.0 Å². The topological polar surface area (TPSA) is 109 Å². The standard InChI is InChI=1S/C14H12ClN5OS/c15-10-3-7(12(17)21)5-19-14(10)20-2-1-8-9(4-16)13(18)22-11(8)6-20/h3,5H,1-2,6,18H2,(H2,17,21). The maximum atomic E-state index is 11.1. The molecule has 0 aliphatic carbocycles. The molecule has 4 N–H and O–H groups in total. The lowest BCUT2D eigenvalue weighted by Gasteiger charge is -2.28. The van der Waals surface area contributed by atoms with Gasteiger partial charge in [-0.1, -0.05) is 11.6 Å². The van der Waals surface area contributed by atoms with Crippen molar-refractivity contribution in [3.8, 4) is 6.07 Å². The molecule has 3 rings (SSSR count). The van der Waals surface area contributed by atoms with Crippen molar-refractivity contribution in [3.05, 3.63) is 38.9 Å². The summed E-state index contributed by atoms with van der Waals surface area (Å²) in [6, 6.07) is 3.68. The van der Waals surface area contributed by atoms with Crippen LogP contribution in [0.4, 0.5) is 10.8 Å². The molecule has 0 saturated heterocycles. The van der Waals surface area contributed by atoms with E-state index in [0.29, 0.717) is 40.9 Å². The number of halogens is 1. The highest BCUT2D eigenvalue weighted by molar-refractivity contribution is 7.16. The van der Waals surface area contributed by atoms with E-state index in [9.17, 15) is 4.79 Å². The Morgan fingerprint density at radius 1 is 1.55 bits per heavy atom. The highest BCUT2D eigenvalue weighted by Crippen LogP contribution is 2.37. The molecule has 0 saturated carbocycles. The van der Waals surface area contributed by atoms with Gasteiger partial charge in [-0.3, -0.25) is 4.79 Å². The monoisotopic (exact) mass is 333 g/mol. The van der Waals surface area contributed by atoms with Gasteiger partial charge in [-0.25, -0.2) is 4.98 Å². The zero-order chi connectivity index (χ0) is 15.9. The highest BCUT2D eigenvalue weighted by atomic mass is 35.5. The van der Waals surface area contributed by atoms with Crippen LogP contribution in [-0.2, 0) is 13.0 Å². The van der Waals surface area contributed by atoms with Crippen LogP contribution >= 0.6 is 22.9 Å². The summed E-state index contributed by atoms with van der Waals surface area (Å²) in [7, 11) is 0. The van der Waals surface area contributed by atoms with E-state index >= 15 is 0 Å². The van der Waals surface area contributed by atoms with Gasteiger partial charge in [0.2, 0.25) is 5.91 Å². The molecule has 2 aromatic heterocycles. The number of thiophene rings is 1. The normalized spacial score (nSPS) is 13.5. The van der Waals surface area contributed by atoms with Crippen LogP contribution in [0.2, 0.25) is 5.02 Å². The van der Waals surface area contributed by atoms with Crippen LogP contribution < -0.4 is 16.4 Å². The molecule has 0 radical (unpaired) electrons. The first-order valence-corrected chi connectivity index (χ1v) is 7.71. The average molecular weight is 334 g/mol. The van der Waals surface area contributed by atoms with Crippen molar-refractivity contribution in [2.24, 2.45) is 5.73 Å². The van der Waals surface area contributed by atoms with Crippen LogP contribution in [0, 0.1) is 11.3 Å². The summed E-state index contributed by atoms with van der Waals surface area (Å²) in [5, 5.41) is 10.1. The lowest BCUT2D eigenvalue weighted by molar-refractivity contribution is 0.1000. The van der Waals surface area contributed by atoms with Gasteiger partial charge < -0.3 is 16.4 Å². The number of nitrogen functional groups attached to an aromatic ring is 1. The second-order valence-electron chi connectivity index (χ2n) is 4.92. The van der Waals surface area contributed by atoms with Crippen LogP contribution in [0.5, 0.6) is 0 Å². The number of rotatable bonds is 2. The molecule has 1 amide bonds. The van der Waals surface area contributed by atoms with Crippen molar-refractivity contribution in [3.63, 3.8) is 0 Å². The quantitative estimate of drug-likeness (QED) is 0.872. The molecular weight excluding hydrogens is 322 g/mol. The number of pyridine rings is 1. The second-order valence-corrected chi connectivity index (χ2v) is 6.46. The zero-order valence-electron chi connectivity index (χ0n) is 11.5. The van der Waals surface area contributed by atoms with Crippen LogP contribution in [-0.4, -0.2) is 17.4 Å². The molecule has 0 aromatic carbocycles. The molecular formula is C14H12ClN5OS. The average Bonchev–Trinajstić information content (AvgIpc) is 2.81. The molecule has 112 valence electrons. The third kappa shape index (κ3) is 2.36. The molecule has 0 fully saturated rings. The predicted molar refractivity (Wildman–Crippen MR) is 86.0 cm³/mol. The highest BCUT2D eigenvalue weighted by Gasteiger charge is 2.25. The van der Waals surface area contributed by atoms with Crippen LogP contribution in [0.3, 0.4) is 0 Å². The fourth-order valence-electron chi connectivity index (χ4n) is 2.53. The number of hydrogen-bond donors (Lipinski definition) is 2. The van der Waals surface area contributed by atoms with Gasteiger partial charge in [-0.05, 0) is 18.1 Å². The zero-order valence-corrected chi connectivity index (χ0v) is 13.0. The van der Waals surface area contributed by atoms with E-state index in [1.807, 2.05) is 4.90 Å². The number of nitrogens with zero attached hydrogens (tertiary/aromatic N) is 3. The fraction of sp³-hybridized carbons (Fsp3) is 0.214. The van der Waals surface area contributed by atoms with Crippen molar-refractivity contribution >= 4 is 39.7 Å². The number of hydrogen-bond acceptors (Lipinski definition) is 6. The first-order chi connectivity index (χ1) is 10.5. The Balaban J connectivity index is 1.92. The van der Waals surface area contributed by atoms with Crippen LogP contribution in [0.15, 0.2) is 12.3 Å². The van der Waals surface area contributed by atoms with E-state index in [4.69, 9.17) is 28.3 Å². The van der Waals surface area contributed by atoms with Gasteiger partial charge in [0.05, 0.1) is 22.7 Å². The number of fused-ring (bicyclic) bond motifs is 1. The largest absolute Gasteiger partial charge is 0.389 e. The summed E-state index contributed by atoms with van der Waals surface area (Å²) in [5.41, 5.74) is 13.0. The Morgan fingerprint density at radius 2 is 2.32 bits per heavy atom. The molecule has 0 unspecified atom stereocenters. The number of amides is 1. The Morgan fingerprint density at radius 3 is 2.95 bits per heavy atom. The SMILES string of the molecule is N#Cc1c(N)sc2c1CCN(c1ncc(C(N)=O)cc1Cl)C2. The van der Waals surface area contributed by atoms with Gasteiger partial charge in [0.1, 0.15) is 16.9 Å². The lowest BCUT2D eigenvalue weighted by atomic mass is 10.0. The van der Waals surface area contributed by atoms with Crippen LogP contribution in [0.25, 0.3) is 0 Å². The Kier molecular flexibility index (Phi) is 3.64. The Hall–Kier alpha value is -2.30. The van der Waals surface area contributed by atoms with E-state index in [1.54, 1.807) is 0 Å². The van der Waals surface area contributed by atoms with Gasteiger partial charge >= 0.3 is 0 Å². The van der Waals surface area contributed by atoms with Crippen molar-refractivity contribution in [1.82, 2.24) is 4.98 Å². The second kappa shape index (κ2) is 5.48. The number of nitriles is 1. The molecule has 0 atom stereocenters. The van der Waals surface area contributed by atoms with Crippen molar-refractivity contribution in [2.75, 3.05) is 17.2 Å². The number of nitrogens with two attached hydrogens (primary N) is 2. The number of aromatic nitrogens is 1. The first-order valence-electron chi connectivity index (χ1n) is 6.51. The first kappa shape index (κ1) is 14.6. The maximum Gasteiger partial charge on any atom is 0.250 e. The van der Waals surface area contributed by atoms with Crippen molar-refractivity contribution < 1.29 is 4.79 Å². The summed E-state index contributed by atoms with van der Waals surface area (Å²) >= 11 is 7.63. The number of primary amides is 1. The maximum absolute atomic E-state index is 11.1. The van der Waals surface area contributed by atoms with Crippen molar-refractivity contribution in [1.29, 1.82) is 5.26 Å². The van der Waals surface area contributed by atoms with E-state index in [2.05, 4.69) is 11.1 Å².